The van der Waals surface area contributed by atoms with E-state index in [0.29, 0.717) is 5.95 Å². The van der Waals surface area contributed by atoms with Gasteiger partial charge in [0.25, 0.3) is 5.91 Å². The van der Waals surface area contributed by atoms with Crippen LogP contribution < -0.4 is 10.6 Å². The smallest absolute Gasteiger partial charge is 0.263 e. The number of aromatic nitrogens is 3. The second kappa shape index (κ2) is 6.27. The molecule has 7 nitrogen and oxygen atoms in total. The largest absolute Gasteiger partial charge is 0.349 e. The highest BCUT2D eigenvalue weighted by Crippen LogP contribution is 1.98. The minimum atomic E-state index is -0.408. The number of nitriles is 1. The fourth-order valence-electron chi connectivity index (χ4n) is 0.968. The Bertz CT molecular complexity index is 430. The molecule has 1 unspecified atom stereocenters. The second-order valence-electron chi connectivity index (χ2n) is 3.43. The SMILES string of the molecule is CCC(C)NC(=O)/C(C#N)=C\Nc1ncn[nH]1. The van der Waals surface area contributed by atoms with Gasteiger partial charge in [-0.1, -0.05) is 6.92 Å². The van der Waals surface area contributed by atoms with Gasteiger partial charge >= 0.3 is 0 Å². The number of hydrogen-bond donors (Lipinski definition) is 3. The number of amides is 1. The molecule has 1 heterocycles. The maximum atomic E-state index is 11.6. The van der Waals surface area contributed by atoms with Crippen molar-refractivity contribution >= 4 is 11.9 Å². The monoisotopic (exact) mass is 234 g/mol. The van der Waals surface area contributed by atoms with E-state index in [-0.39, 0.29) is 11.6 Å². The van der Waals surface area contributed by atoms with Gasteiger partial charge in [0.1, 0.15) is 18.0 Å². The molecule has 0 radical (unpaired) electrons. The average Bonchev–Trinajstić information content (AvgIpc) is 2.82. The molecular weight excluding hydrogens is 220 g/mol. The van der Waals surface area contributed by atoms with Crippen LogP contribution in [0.3, 0.4) is 0 Å². The number of carbonyl (C=O) groups is 1. The molecule has 1 rings (SSSR count). The molecule has 0 aliphatic rings. The molecule has 0 aliphatic heterocycles. The molecule has 1 amide bonds. The normalized spacial score (nSPS) is 12.6. The molecular formula is C10H14N6O. The summed E-state index contributed by atoms with van der Waals surface area (Å²) in [6.07, 6.45) is 3.42. The number of rotatable bonds is 5. The van der Waals surface area contributed by atoms with Crippen LogP contribution in [-0.4, -0.2) is 27.1 Å². The molecule has 0 saturated carbocycles. The summed E-state index contributed by atoms with van der Waals surface area (Å²) in [6, 6.07) is 1.85. The molecule has 1 atom stereocenters. The minimum absolute atomic E-state index is 0.0123. The van der Waals surface area contributed by atoms with Crippen molar-refractivity contribution in [2.24, 2.45) is 0 Å². The van der Waals surface area contributed by atoms with Crippen molar-refractivity contribution in [3.63, 3.8) is 0 Å². The molecule has 0 fully saturated rings. The zero-order valence-electron chi connectivity index (χ0n) is 9.69. The fraction of sp³-hybridized carbons (Fsp3) is 0.400. The molecule has 0 spiro atoms. The lowest BCUT2D eigenvalue weighted by atomic mass is 10.2. The first-order valence-corrected chi connectivity index (χ1v) is 5.20. The first-order valence-electron chi connectivity index (χ1n) is 5.20. The maximum Gasteiger partial charge on any atom is 0.263 e. The van der Waals surface area contributed by atoms with Crippen LogP contribution in [0.25, 0.3) is 0 Å². The fourth-order valence-corrected chi connectivity index (χ4v) is 0.968. The summed E-state index contributed by atoms with van der Waals surface area (Å²) >= 11 is 0. The zero-order valence-corrected chi connectivity index (χ0v) is 9.69. The van der Waals surface area contributed by atoms with Crippen LogP contribution in [-0.2, 0) is 4.79 Å². The number of anilines is 1. The number of nitrogens with one attached hydrogen (secondary N) is 3. The standard InChI is InChI=1S/C10H14N6O/c1-3-7(2)15-9(17)8(4-11)5-12-10-13-6-14-16-10/h5-7H,3H2,1-2H3,(H,15,17)(H2,12,13,14,16)/b8-5-. The molecule has 1 aromatic heterocycles. The van der Waals surface area contributed by atoms with Crippen molar-refractivity contribution in [1.29, 1.82) is 5.26 Å². The first kappa shape index (κ1) is 12.7. The summed E-state index contributed by atoms with van der Waals surface area (Å²) in [5.74, 6) is -0.0389. The van der Waals surface area contributed by atoms with Crippen LogP contribution >= 0.6 is 0 Å². The molecule has 90 valence electrons. The molecule has 0 bridgehead atoms. The Morgan fingerprint density at radius 2 is 2.53 bits per heavy atom. The number of hydrogen-bond acceptors (Lipinski definition) is 5. The summed E-state index contributed by atoms with van der Waals surface area (Å²) in [4.78, 5) is 15.4. The van der Waals surface area contributed by atoms with E-state index >= 15 is 0 Å². The van der Waals surface area contributed by atoms with Crippen molar-refractivity contribution in [2.45, 2.75) is 26.3 Å². The van der Waals surface area contributed by atoms with E-state index in [1.54, 1.807) is 0 Å². The Morgan fingerprint density at radius 1 is 1.76 bits per heavy atom. The van der Waals surface area contributed by atoms with E-state index in [0.717, 1.165) is 6.42 Å². The van der Waals surface area contributed by atoms with E-state index in [1.807, 2.05) is 19.9 Å². The highest BCUT2D eigenvalue weighted by atomic mass is 16.1. The topological polar surface area (TPSA) is 106 Å². The van der Waals surface area contributed by atoms with Crippen LogP contribution in [0.5, 0.6) is 0 Å². The lowest BCUT2D eigenvalue weighted by Gasteiger charge is -2.10. The predicted octanol–water partition coefficient (Wildman–Crippen LogP) is 0.539. The van der Waals surface area contributed by atoms with Crippen molar-refractivity contribution in [3.8, 4) is 6.07 Å². The summed E-state index contributed by atoms with van der Waals surface area (Å²) in [5.41, 5.74) is -0.0123. The third-order valence-corrected chi connectivity index (χ3v) is 2.12. The molecule has 1 aromatic rings. The lowest BCUT2D eigenvalue weighted by molar-refractivity contribution is -0.117. The minimum Gasteiger partial charge on any atom is -0.349 e. The zero-order chi connectivity index (χ0) is 12.7. The van der Waals surface area contributed by atoms with Gasteiger partial charge in [0.2, 0.25) is 5.95 Å². The van der Waals surface area contributed by atoms with Crippen LogP contribution in [0.1, 0.15) is 20.3 Å². The van der Waals surface area contributed by atoms with Crippen molar-refractivity contribution < 1.29 is 4.79 Å². The summed E-state index contributed by atoms with van der Waals surface area (Å²) in [5, 5.41) is 20.4. The van der Waals surface area contributed by atoms with Crippen LogP contribution in [0.15, 0.2) is 18.1 Å². The van der Waals surface area contributed by atoms with Gasteiger partial charge in [-0.15, -0.1) is 0 Å². The summed E-state index contributed by atoms with van der Waals surface area (Å²) in [6.45, 7) is 3.82. The molecule has 17 heavy (non-hydrogen) atoms. The third-order valence-electron chi connectivity index (χ3n) is 2.12. The highest BCUT2D eigenvalue weighted by Gasteiger charge is 2.11. The summed E-state index contributed by atoms with van der Waals surface area (Å²) < 4.78 is 0. The Labute approximate surface area is 98.9 Å². The van der Waals surface area contributed by atoms with Gasteiger partial charge < -0.3 is 10.6 Å². The first-order chi connectivity index (χ1) is 8.17. The van der Waals surface area contributed by atoms with E-state index in [4.69, 9.17) is 5.26 Å². The molecule has 0 aromatic carbocycles. The second-order valence-corrected chi connectivity index (χ2v) is 3.43. The third kappa shape index (κ3) is 3.95. The van der Waals surface area contributed by atoms with E-state index < -0.39 is 5.91 Å². The molecule has 0 saturated heterocycles. The molecule has 0 aliphatic carbocycles. The number of aromatic amines is 1. The van der Waals surface area contributed by atoms with Crippen LogP contribution in [0, 0.1) is 11.3 Å². The molecule has 3 N–H and O–H groups in total. The average molecular weight is 234 g/mol. The van der Waals surface area contributed by atoms with E-state index in [9.17, 15) is 4.79 Å². The van der Waals surface area contributed by atoms with Gasteiger partial charge in [-0.25, -0.2) is 5.10 Å². The van der Waals surface area contributed by atoms with Gasteiger partial charge in [-0.05, 0) is 13.3 Å². The van der Waals surface area contributed by atoms with Gasteiger partial charge in [0, 0.05) is 12.2 Å². The lowest BCUT2D eigenvalue weighted by Crippen LogP contribution is -2.33. The predicted molar refractivity (Wildman–Crippen MR) is 61.6 cm³/mol. The summed E-state index contributed by atoms with van der Waals surface area (Å²) in [7, 11) is 0. The van der Waals surface area contributed by atoms with Crippen molar-refractivity contribution in [1.82, 2.24) is 20.5 Å². The van der Waals surface area contributed by atoms with Gasteiger partial charge in [-0.2, -0.15) is 15.3 Å². The number of carbonyl (C=O) groups excluding carboxylic acids is 1. The highest BCUT2D eigenvalue weighted by molar-refractivity contribution is 5.97. The Balaban J connectivity index is 2.62. The number of H-pyrrole nitrogens is 1. The van der Waals surface area contributed by atoms with Crippen molar-refractivity contribution in [2.75, 3.05) is 5.32 Å². The van der Waals surface area contributed by atoms with Crippen LogP contribution in [0.2, 0.25) is 0 Å². The molecule has 7 heteroatoms. The Kier molecular flexibility index (Phi) is 4.69. The Morgan fingerprint density at radius 3 is 3.06 bits per heavy atom. The quantitative estimate of drug-likeness (QED) is 0.509. The van der Waals surface area contributed by atoms with Gasteiger partial charge in [0.15, 0.2) is 0 Å². The van der Waals surface area contributed by atoms with E-state index in [2.05, 4.69) is 25.8 Å². The maximum absolute atomic E-state index is 11.6. The van der Waals surface area contributed by atoms with E-state index in [1.165, 1.54) is 12.5 Å². The van der Waals surface area contributed by atoms with Gasteiger partial charge in [0.05, 0.1) is 0 Å². The Hall–Kier alpha value is -2.36. The van der Waals surface area contributed by atoms with Crippen molar-refractivity contribution in [3.05, 3.63) is 18.1 Å². The van der Waals surface area contributed by atoms with Gasteiger partial charge in [-0.3, -0.25) is 4.79 Å². The number of nitrogens with zero attached hydrogens (tertiary/aromatic N) is 3. The van der Waals surface area contributed by atoms with Crippen LogP contribution in [0.4, 0.5) is 5.95 Å².